The smallest absolute Gasteiger partial charge is 0.233 e. The van der Waals surface area contributed by atoms with E-state index in [2.05, 4.69) is 30.6 Å². The van der Waals surface area contributed by atoms with Crippen molar-refractivity contribution >= 4 is 17.7 Å². The molecule has 0 saturated carbocycles. The third kappa shape index (κ3) is 4.03. The van der Waals surface area contributed by atoms with Gasteiger partial charge in [-0.05, 0) is 31.2 Å². The van der Waals surface area contributed by atoms with Crippen LogP contribution in [0.4, 0.5) is 0 Å². The molecule has 6 nitrogen and oxygen atoms in total. The average Bonchev–Trinajstić information content (AvgIpc) is 3.18. The summed E-state index contributed by atoms with van der Waals surface area (Å²) in [5.41, 5.74) is 0.913. The van der Waals surface area contributed by atoms with E-state index in [1.165, 1.54) is 18.2 Å². The van der Waals surface area contributed by atoms with Crippen LogP contribution in [0.25, 0.3) is 11.4 Å². The number of hydrogen-bond acceptors (Lipinski definition) is 5. The van der Waals surface area contributed by atoms with Gasteiger partial charge in [-0.2, -0.15) is 0 Å². The SMILES string of the molecule is C=CCn1c(SCC(=O)N2CC(C)CC(C)C2)nnc1-c1ccoc1C. The maximum atomic E-state index is 12.6. The molecule has 0 spiro atoms. The molecule has 2 aromatic rings. The summed E-state index contributed by atoms with van der Waals surface area (Å²) in [5, 5.41) is 9.34. The number of allylic oxidation sites excluding steroid dienone is 1. The molecule has 7 heteroatoms. The Morgan fingerprint density at radius 3 is 2.73 bits per heavy atom. The number of amides is 1. The van der Waals surface area contributed by atoms with Crippen molar-refractivity contribution in [3.8, 4) is 11.4 Å². The zero-order chi connectivity index (χ0) is 18.7. The molecule has 26 heavy (non-hydrogen) atoms. The Kier molecular flexibility index (Phi) is 5.86. The van der Waals surface area contributed by atoms with Crippen LogP contribution in [0.1, 0.15) is 26.0 Å². The fourth-order valence-electron chi connectivity index (χ4n) is 3.59. The molecule has 1 aliphatic rings. The number of furan rings is 1. The van der Waals surface area contributed by atoms with Crippen LogP contribution in [0.2, 0.25) is 0 Å². The molecule has 1 amide bonds. The van der Waals surface area contributed by atoms with Crippen LogP contribution >= 0.6 is 11.8 Å². The van der Waals surface area contributed by atoms with Crippen molar-refractivity contribution in [2.24, 2.45) is 11.8 Å². The minimum absolute atomic E-state index is 0.169. The minimum Gasteiger partial charge on any atom is -0.469 e. The van der Waals surface area contributed by atoms with E-state index in [1.54, 1.807) is 6.26 Å². The molecule has 3 rings (SSSR count). The van der Waals surface area contributed by atoms with Gasteiger partial charge in [0, 0.05) is 19.6 Å². The molecule has 0 aromatic carbocycles. The van der Waals surface area contributed by atoms with Crippen molar-refractivity contribution in [1.82, 2.24) is 19.7 Å². The lowest BCUT2D eigenvalue weighted by Gasteiger charge is -2.34. The highest BCUT2D eigenvalue weighted by atomic mass is 32.2. The molecule has 0 N–H and O–H groups in total. The lowest BCUT2D eigenvalue weighted by atomic mass is 9.92. The lowest BCUT2D eigenvalue weighted by Crippen LogP contribution is -2.43. The summed E-state index contributed by atoms with van der Waals surface area (Å²) in [5.74, 6) is 3.21. The minimum atomic E-state index is 0.169. The molecule has 2 atom stereocenters. The van der Waals surface area contributed by atoms with Gasteiger partial charge >= 0.3 is 0 Å². The number of piperidine rings is 1. The van der Waals surface area contributed by atoms with E-state index < -0.39 is 0 Å². The number of carbonyl (C=O) groups excluding carboxylic acids is 1. The second-order valence-electron chi connectivity index (χ2n) is 7.13. The molecule has 1 saturated heterocycles. The number of carbonyl (C=O) groups is 1. The molecule has 1 aliphatic heterocycles. The van der Waals surface area contributed by atoms with Gasteiger partial charge in [-0.3, -0.25) is 9.36 Å². The Hall–Kier alpha value is -2.02. The van der Waals surface area contributed by atoms with Crippen molar-refractivity contribution in [3.05, 3.63) is 30.7 Å². The standard InChI is InChI=1S/C19H26N4O2S/c1-5-7-23-18(16-6-8-25-15(16)4)20-21-19(23)26-12-17(24)22-10-13(2)9-14(3)11-22/h5-6,8,13-14H,1,7,9-12H2,2-4H3. The normalized spacial score (nSPS) is 20.3. The Morgan fingerprint density at radius 2 is 2.12 bits per heavy atom. The maximum Gasteiger partial charge on any atom is 0.233 e. The van der Waals surface area contributed by atoms with E-state index in [0.717, 1.165) is 35.4 Å². The molecule has 1 fully saturated rings. The molecular weight excluding hydrogens is 348 g/mol. The zero-order valence-electron chi connectivity index (χ0n) is 15.6. The molecule has 2 aromatic heterocycles. The molecule has 0 aliphatic carbocycles. The van der Waals surface area contributed by atoms with Crippen molar-refractivity contribution in [3.63, 3.8) is 0 Å². The van der Waals surface area contributed by atoms with E-state index in [-0.39, 0.29) is 5.91 Å². The number of likely N-dealkylation sites (tertiary alicyclic amines) is 1. The predicted octanol–water partition coefficient (Wildman–Crippen LogP) is 3.63. The summed E-state index contributed by atoms with van der Waals surface area (Å²) in [6.45, 7) is 12.4. The lowest BCUT2D eigenvalue weighted by molar-refractivity contribution is -0.130. The van der Waals surface area contributed by atoms with E-state index in [9.17, 15) is 4.79 Å². The summed E-state index contributed by atoms with van der Waals surface area (Å²) in [6.07, 6.45) is 4.65. The van der Waals surface area contributed by atoms with Gasteiger partial charge in [0.1, 0.15) is 5.76 Å². The third-order valence-electron chi connectivity index (χ3n) is 4.67. The number of aryl methyl sites for hydroxylation is 1. The number of hydrogen-bond donors (Lipinski definition) is 0. The largest absolute Gasteiger partial charge is 0.469 e. The zero-order valence-corrected chi connectivity index (χ0v) is 16.5. The first-order valence-corrected chi connectivity index (χ1v) is 9.97. The van der Waals surface area contributed by atoms with Crippen LogP contribution in [0.3, 0.4) is 0 Å². The van der Waals surface area contributed by atoms with Crippen LogP contribution in [0.15, 0.2) is 34.6 Å². The average molecular weight is 375 g/mol. The Balaban J connectivity index is 1.72. The van der Waals surface area contributed by atoms with E-state index in [0.29, 0.717) is 24.1 Å². The summed E-state index contributed by atoms with van der Waals surface area (Å²) in [4.78, 5) is 14.6. The molecule has 3 heterocycles. The first-order valence-electron chi connectivity index (χ1n) is 8.98. The predicted molar refractivity (Wildman–Crippen MR) is 103 cm³/mol. The molecule has 140 valence electrons. The van der Waals surface area contributed by atoms with Crippen molar-refractivity contribution in [2.45, 2.75) is 38.9 Å². The van der Waals surface area contributed by atoms with E-state index in [1.807, 2.05) is 28.5 Å². The monoisotopic (exact) mass is 374 g/mol. The van der Waals surface area contributed by atoms with Gasteiger partial charge < -0.3 is 9.32 Å². The summed E-state index contributed by atoms with van der Waals surface area (Å²) < 4.78 is 7.36. The van der Waals surface area contributed by atoms with Crippen molar-refractivity contribution < 1.29 is 9.21 Å². The highest BCUT2D eigenvalue weighted by Gasteiger charge is 2.26. The van der Waals surface area contributed by atoms with Crippen LogP contribution in [0.5, 0.6) is 0 Å². The number of aromatic nitrogens is 3. The Labute approximate surface area is 158 Å². The topological polar surface area (TPSA) is 64.2 Å². The van der Waals surface area contributed by atoms with Crippen LogP contribution in [-0.2, 0) is 11.3 Å². The highest BCUT2D eigenvalue weighted by molar-refractivity contribution is 7.99. The fourth-order valence-corrected chi connectivity index (χ4v) is 4.44. The van der Waals surface area contributed by atoms with Gasteiger partial charge in [-0.25, -0.2) is 0 Å². The Bertz CT molecular complexity index is 772. The fraction of sp³-hybridized carbons (Fsp3) is 0.526. The van der Waals surface area contributed by atoms with Crippen LogP contribution in [0, 0.1) is 18.8 Å². The van der Waals surface area contributed by atoms with Crippen molar-refractivity contribution in [1.29, 1.82) is 0 Å². The number of rotatable bonds is 6. The van der Waals surface area contributed by atoms with Gasteiger partial charge in [-0.1, -0.05) is 31.7 Å². The summed E-state index contributed by atoms with van der Waals surface area (Å²) in [6, 6.07) is 1.88. The molecule has 0 radical (unpaired) electrons. The van der Waals surface area contributed by atoms with Crippen molar-refractivity contribution in [2.75, 3.05) is 18.8 Å². The second kappa shape index (κ2) is 8.12. The first-order chi connectivity index (χ1) is 12.5. The number of thioether (sulfide) groups is 1. The van der Waals surface area contributed by atoms with Gasteiger partial charge in [-0.15, -0.1) is 16.8 Å². The van der Waals surface area contributed by atoms with Crippen LogP contribution < -0.4 is 0 Å². The molecular formula is C19H26N4O2S. The van der Waals surface area contributed by atoms with Gasteiger partial charge in [0.25, 0.3) is 0 Å². The van der Waals surface area contributed by atoms with Gasteiger partial charge in [0.2, 0.25) is 5.91 Å². The Morgan fingerprint density at radius 1 is 1.38 bits per heavy atom. The maximum absolute atomic E-state index is 12.6. The summed E-state index contributed by atoms with van der Waals surface area (Å²) >= 11 is 1.43. The highest BCUT2D eigenvalue weighted by Crippen LogP contribution is 2.28. The van der Waals surface area contributed by atoms with Gasteiger partial charge in [0.05, 0.1) is 17.6 Å². The first kappa shape index (κ1) is 18.8. The quantitative estimate of drug-likeness (QED) is 0.571. The molecule has 0 bridgehead atoms. The second-order valence-corrected chi connectivity index (χ2v) is 8.07. The van der Waals surface area contributed by atoms with E-state index >= 15 is 0 Å². The molecule has 2 unspecified atom stereocenters. The number of nitrogens with zero attached hydrogens (tertiary/aromatic N) is 4. The third-order valence-corrected chi connectivity index (χ3v) is 5.63. The van der Waals surface area contributed by atoms with Gasteiger partial charge in [0.15, 0.2) is 11.0 Å². The summed E-state index contributed by atoms with van der Waals surface area (Å²) in [7, 11) is 0. The van der Waals surface area contributed by atoms with Crippen LogP contribution in [-0.4, -0.2) is 44.4 Å². The van der Waals surface area contributed by atoms with E-state index in [4.69, 9.17) is 4.42 Å².